The summed E-state index contributed by atoms with van der Waals surface area (Å²) < 4.78 is 0. The Balaban J connectivity index is 1.84. The van der Waals surface area contributed by atoms with Gasteiger partial charge in [-0.15, -0.1) is 5.06 Å². The summed E-state index contributed by atoms with van der Waals surface area (Å²) in [7, 11) is 0. The topological polar surface area (TPSA) is 67.6 Å². The van der Waals surface area contributed by atoms with Gasteiger partial charge in [-0.05, 0) is 25.0 Å². The fraction of sp³-hybridized carbons (Fsp3) is 0.417. The van der Waals surface area contributed by atoms with Crippen molar-refractivity contribution < 1.29 is 9.63 Å². The molecule has 0 saturated carbocycles. The molecule has 1 heterocycles. The van der Waals surface area contributed by atoms with Crippen LogP contribution in [-0.4, -0.2) is 30.2 Å². The summed E-state index contributed by atoms with van der Waals surface area (Å²) in [6, 6.07) is 9.33. The predicted octanol–water partition coefficient (Wildman–Crippen LogP) is 0.686. The molecule has 0 unspecified atom stereocenters. The highest BCUT2D eigenvalue weighted by Crippen LogP contribution is 2.11. The fourth-order valence-corrected chi connectivity index (χ4v) is 1.86. The van der Waals surface area contributed by atoms with Crippen LogP contribution in [0.5, 0.6) is 0 Å². The van der Waals surface area contributed by atoms with E-state index in [0.29, 0.717) is 24.7 Å². The zero-order valence-electron chi connectivity index (χ0n) is 9.63. The van der Waals surface area contributed by atoms with Crippen molar-refractivity contribution in [2.45, 2.75) is 18.9 Å². The van der Waals surface area contributed by atoms with Crippen LogP contribution >= 0.6 is 0 Å². The first-order valence-electron chi connectivity index (χ1n) is 5.78. The Labute approximate surface area is 100 Å². The molecule has 3 N–H and O–H groups in total. The van der Waals surface area contributed by atoms with Gasteiger partial charge in [-0.25, -0.2) is 4.79 Å². The van der Waals surface area contributed by atoms with Crippen molar-refractivity contribution in [2.75, 3.05) is 13.1 Å². The number of benzene rings is 1. The number of rotatable bonds is 3. The molecule has 5 heteroatoms. The van der Waals surface area contributed by atoms with E-state index in [1.165, 1.54) is 0 Å². The molecule has 0 aromatic heterocycles. The van der Waals surface area contributed by atoms with Crippen LogP contribution in [-0.2, 0) is 4.84 Å². The highest BCUT2D eigenvalue weighted by molar-refractivity contribution is 5.89. The second-order valence-corrected chi connectivity index (χ2v) is 4.11. The number of carbonyl (C=O) groups is 1. The van der Waals surface area contributed by atoms with Crippen molar-refractivity contribution >= 4 is 5.97 Å². The van der Waals surface area contributed by atoms with E-state index >= 15 is 0 Å². The van der Waals surface area contributed by atoms with Crippen LogP contribution in [0.4, 0.5) is 0 Å². The Morgan fingerprint density at radius 2 is 1.94 bits per heavy atom. The highest BCUT2D eigenvalue weighted by Gasteiger charge is 2.21. The number of nitrogens with one attached hydrogen (secondary N) is 1. The summed E-state index contributed by atoms with van der Waals surface area (Å²) in [5.41, 5.74) is 3.32. The molecule has 0 radical (unpaired) electrons. The second kappa shape index (κ2) is 5.77. The molecule has 1 fully saturated rings. The quantitative estimate of drug-likeness (QED) is 0.596. The van der Waals surface area contributed by atoms with Crippen molar-refractivity contribution in [1.82, 2.24) is 10.5 Å². The third-order valence-electron chi connectivity index (χ3n) is 2.91. The minimum absolute atomic E-state index is 0.301. The minimum atomic E-state index is -0.301. The molecular formula is C12H17N3O2. The molecule has 1 aromatic rings. The normalized spacial score (nSPS) is 17.9. The number of hydroxylamine groups is 2. The highest BCUT2D eigenvalue weighted by atomic mass is 16.7. The Kier molecular flexibility index (Phi) is 4.08. The fourth-order valence-electron chi connectivity index (χ4n) is 1.86. The largest absolute Gasteiger partial charge is 0.364 e. The lowest BCUT2D eigenvalue weighted by Gasteiger charge is -2.29. The molecule has 5 nitrogen and oxygen atoms in total. The molecule has 0 atom stereocenters. The van der Waals surface area contributed by atoms with Gasteiger partial charge < -0.3 is 4.84 Å². The van der Waals surface area contributed by atoms with Crippen LogP contribution in [0.1, 0.15) is 23.2 Å². The first-order chi connectivity index (χ1) is 8.29. The molecule has 1 aromatic carbocycles. The zero-order valence-corrected chi connectivity index (χ0v) is 9.63. The summed E-state index contributed by atoms with van der Waals surface area (Å²) in [4.78, 5) is 17.1. The maximum Gasteiger partial charge on any atom is 0.357 e. The van der Waals surface area contributed by atoms with Crippen LogP contribution in [0.15, 0.2) is 30.3 Å². The number of piperidine rings is 1. The van der Waals surface area contributed by atoms with E-state index in [-0.39, 0.29) is 5.97 Å². The van der Waals surface area contributed by atoms with Gasteiger partial charge in [0.15, 0.2) is 0 Å². The van der Waals surface area contributed by atoms with Crippen molar-refractivity contribution in [3.63, 3.8) is 0 Å². The summed E-state index contributed by atoms with van der Waals surface area (Å²) in [6.07, 6.45) is 1.77. The third-order valence-corrected chi connectivity index (χ3v) is 2.91. The van der Waals surface area contributed by atoms with Crippen LogP contribution in [0.3, 0.4) is 0 Å². The SMILES string of the molecule is NNC1CCN(OC(=O)c2ccccc2)CC1. The summed E-state index contributed by atoms with van der Waals surface area (Å²) in [5.74, 6) is 5.06. The smallest absolute Gasteiger partial charge is 0.357 e. The number of hydrazine groups is 1. The van der Waals surface area contributed by atoms with Crippen LogP contribution in [0.2, 0.25) is 0 Å². The molecule has 17 heavy (non-hydrogen) atoms. The van der Waals surface area contributed by atoms with Crippen LogP contribution in [0, 0.1) is 0 Å². The second-order valence-electron chi connectivity index (χ2n) is 4.11. The molecule has 1 aliphatic rings. The molecule has 2 rings (SSSR count). The van der Waals surface area contributed by atoms with E-state index in [1.807, 2.05) is 18.2 Å². The van der Waals surface area contributed by atoms with Gasteiger partial charge in [-0.2, -0.15) is 0 Å². The van der Waals surface area contributed by atoms with E-state index < -0.39 is 0 Å². The maximum absolute atomic E-state index is 11.8. The minimum Gasteiger partial charge on any atom is -0.364 e. The average Bonchev–Trinajstić information content (AvgIpc) is 2.40. The van der Waals surface area contributed by atoms with Crippen LogP contribution < -0.4 is 11.3 Å². The Bertz CT molecular complexity index is 361. The molecule has 0 bridgehead atoms. The Morgan fingerprint density at radius 3 is 2.53 bits per heavy atom. The lowest BCUT2D eigenvalue weighted by molar-refractivity contribution is -0.122. The average molecular weight is 235 g/mol. The molecule has 0 spiro atoms. The molecule has 92 valence electrons. The van der Waals surface area contributed by atoms with Gasteiger partial charge in [0, 0.05) is 19.1 Å². The first kappa shape index (κ1) is 12.0. The molecule has 0 amide bonds. The number of hydrogen-bond donors (Lipinski definition) is 2. The maximum atomic E-state index is 11.8. The van der Waals surface area contributed by atoms with E-state index in [0.717, 1.165) is 12.8 Å². The summed E-state index contributed by atoms with van der Waals surface area (Å²) >= 11 is 0. The van der Waals surface area contributed by atoms with Crippen molar-refractivity contribution in [3.05, 3.63) is 35.9 Å². The molecule has 0 aliphatic carbocycles. The van der Waals surface area contributed by atoms with Crippen molar-refractivity contribution in [3.8, 4) is 0 Å². The van der Waals surface area contributed by atoms with E-state index in [1.54, 1.807) is 17.2 Å². The molecule has 1 aliphatic heterocycles. The third kappa shape index (κ3) is 3.26. The number of carbonyl (C=O) groups excluding carboxylic acids is 1. The Morgan fingerprint density at radius 1 is 1.29 bits per heavy atom. The predicted molar refractivity (Wildman–Crippen MR) is 63.8 cm³/mol. The number of hydrogen-bond acceptors (Lipinski definition) is 5. The van der Waals surface area contributed by atoms with Gasteiger partial charge in [0.1, 0.15) is 0 Å². The number of nitrogens with two attached hydrogens (primary N) is 1. The van der Waals surface area contributed by atoms with Gasteiger partial charge in [0.25, 0.3) is 0 Å². The van der Waals surface area contributed by atoms with Gasteiger partial charge in [-0.3, -0.25) is 11.3 Å². The molecule has 1 saturated heterocycles. The summed E-state index contributed by atoms with van der Waals surface area (Å²) in [6.45, 7) is 1.43. The molecular weight excluding hydrogens is 218 g/mol. The van der Waals surface area contributed by atoms with Gasteiger partial charge in [-0.1, -0.05) is 18.2 Å². The Hall–Kier alpha value is -1.43. The van der Waals surface area contributed by atoms with E-state index in [9.17, 15) is 4.79 Å². The van der Waals surface area contributed by atoms with Crippen molar-refractivity contribution in [1.29, 1.82) is 0 Å². The van der Waals surface area contributed by atoms with Crippen LogP contribution in [0.25, 0.3) is 0 Å². The zero-order chi connectivity index (χ0) is 12.1. The standard InChI is InChI=1S/C12H17N3O2/c13-14-11-6-8-15(9-7-11)17-12(16)10-4-2-1-3-5-10/h1-5,11,14H,6-9,13H2. The van der Waals surface area contributed by atoms with Crippen molar-refractivity contribution in [2.24, 2.45) is 5.84 Å². The van der Waals surface area contributed by atoms with E-state index in [4.69, 9.17) is 10.7 Å². The lowest BCUT2D eigenvalue weighted by Crippen LogP contribution is -2.45. The van der Waals surface area contributed by atoms with Gasteiger partial charge in [0.05, 0.1) is 5.56 Å². The summed E-state index contributed by atoms with van der Waals surface area (Å²) in [5, 5.41) is 1.70. The van der Waals surface area contributed by atoms with E-state index in [2.05, 4.69) is 5.43 Å². The van der Waals surface area contributed by atoms with Gasteiger partial charge in [0.2, 0.25) is 0 Å². The lowest BCUT2D eigenvalue weighted by atomic mass is 10.1. The van der Waals surface area contributed by atoms with Gasteiger partial charge >= 0.3 is 5.97 Å². The first-order valence-corrected chi connectivity index (χ1v) is 5.78. The monoisotopic (exact) mass is 235 g/mol. The number of nitrogens with zero attached hydrogens (tertiary/aromatic N) is 1.